The molecule has 1 N–H and O–H groups in total. The molecule has 0 aliphatic carbocycles. The second-order valence-corrected chi connectivity index (χ2v) is 9.04. The number of benzene rings is 2. The third-order valence-electron chi connectivity index (χ3n) is 4.89. The molecule has 0 aliphatic rings. The Labute approximate surface area is 180 Å². The predicted molar refractivity (Wildman–Crippen MR) is 121 cm³/mol. The van der Waals surface area contributed by atoms with Gasteiger partial charge in [0.05, 0.1) is 11.4 Å². The molecule has 0 atom stereocenters. The standard InChI is InChI=1S/C24H24N4OS/c1-24(2,3)18-13-11-17(12-14-18)22-26-27-23(28(22)19-8-5-4-6-9-19)30-16-21(29)20-10-7-15-25-20/h4-15,25H,16H2,1-3H3. The normalized spacial score (nSPS) is 11.6. The third-order valence-corrected chi connectivity index (χ3v) is 5.82. The fraction of sp³-hybridized carbons (Fsp3) is 0.208. The van der Waals surface area contributed by atoms with Crippen molar-refractivity contribution >= 4 is 17.5 Å². The average Bonchev–Trinajstić information content (AvgIpc) is 3.42. The highest BCUT2D eigenvalue weighted by atomic mass is 32.2. The van der Waals surface area contributed by atoms with Crippen molar-refractivity contribution in [3.8, 4) is 17.1 Å². The molecule has 0 saturated heterocycles. The molecule has 0 radical (unpaired) electrons. The zero-order valence-corrected chi connectivity index (χ0v) is 18.1. The fourth-order valence-electron chi connectivity index (χ4n) is 3.19. The minimum absolute atomic E-state index is 0.0312. The number of rotatable bonds is 6. The molecule has 0 bridgehead atoms. The second kappa shape index (κ2) is 8.32. The molecule has 0 saturated carbocycles. The maximum atomic E-state index is 12.4. The van der Waals surface area contributed by atoms with Crippen molar-refractivity contribution in [2.24, 2.45) is 0 Å². The summed E-state index contributed by atoms with van der Waals surface area (Å²) in [4.78, 5) is 15.4. The molecular formula is C24H24N4OS. The predicted octanol–water partition coefficient (Wildman–Crippen LogP) is 5.53. The number of thioether (sulfide) groups is 1. The van der Waals surface area contributed by atoms with Crippen molar-refractivity contribution in [2.45, 2.75) is 31.3 Å². The monoisotopic (exact) mass is 416 g/mol. The molecule has 0 spiro atoms. The number of carbonyl (C=O) groups is 1. The minimum Gasteiger partial charge on any atom is -0.359 e. The summed E-state index contributed by atoms with van der Waals surface area (Å²) in [5.41, 5.74) is 3.91. The van der Waals surface area contributed by atoms with Gasteiger partial charge >= 0.3 is 0 Å². The maximum absolute atomic E-state index is 12.4. The quantitative estimate of drug-likeness (QED) is 0.331. The molecule has 2 heterocycles. The lowest BCUT2D eigenvalue weighted by Crippen LogP contribution is -2.10. The van der Waals surface area contributed by atoms with Crippen molar-refractivity contribution in [1.29, 1.82) is 0 Å². The van der Waals surface area contributed by atoms with E-state index in [4.69, 9.17) is 0 Å². The lowest BCUT2D eigenvalue weighted by atomic mass is 9.87. The molecule has 30 heavy (non-hydrogen) atoms. The first-order chi connectivity index (χ1) is 14.4. The lowest BCUT2D eigenvalue weighted by Gasteiger charge is -2.19. The Bertz CT molecular complexity index is 1120. The largest absolute Gasteiger partial charge is 0.359 e. The number of hydrogen-bond donors (Lipinski definition) is 1. The van der Waals surface area contributed by atoms with Crippen LogP contribution in [0.15, 0.2) is 78.1 Å². The van der Waals surface area contributed by atoms with Gasteiger partial charge in [-0.3, -0.25) is 9.36 Å². The topological polar surface area (TPSA) is 63.6 Å². The van der Waals surface area contributed by atoms with Gasteiger partial charge in [-0.15, -0.1) is 10.2 Å². The van der Waals surface area contributed by atoms with E-state index in [1.54, 1.807) is 12.3 Å². The van der Waals surface area contributed by atoms with Gasteiger partial charge in [0, 0.05) is 17.4 Å². The molecule has 4 rings (SSSR count). The van der Waals surface area contributed by atoms with E-state index in [0.717, 1.165) is 17.1 Å². The van der Waals surface area contributed by atoms with Gasteiger partial charge in [0.15, 0.2) is 16.8 Å². The van der Waals surface area contributed by atoms with Gasteiger partial charge in [0.2, 0.25) is 0 Å². The van der Waals surface area contributed by atoms with Crippen LogP contribution in [0.1, 0.15) is 36.8 Å². The molecule has 0 aliphatic heterocycles. The van der Waals surface area contributed by atoms with Crippen LogP contribution < -0.4 is 0 Å². The Morgan fingerprint density at radius 1 is 0.967 bits per heavy atom. The summed E-state index contributed by atoms with van der Waals surface area (Å²) in [6.07, 6.45) is 1.75. The number of aromatic nitrogens is 4. The summed E-state index contributed by atoms with van der Waals surface area (Å²) in [5, 5.41) is 9.57. The van der Waals surface area contributed by atoms with Crippen molar-refractivity contribution in [2.75, 3.05) is 5.75 Å². The van der Waals surface area contributed by atoms with E-state index in [-0.39, 0.29) is 17.0 Å². The highest BCUT2D eigenvalue weighted by Gasteiger charge is 2.19. The number of Topliss-reactive ketones (excluding diaryl/α,β-unsaturated/α-hetero) is 1. The fourth-order valence-corrected chi connectivity index (χ4v) is 4.03. The number of carbonyl (C=O) groups excluding carboxylic acids is 1. The molecule has 5 nitrogen and oxygen atoms in total. The molecule has 0 unspecified atom stereocenters. The molecular weight excluding hydrogens is 392 g/mol. The Morgan fingerprint density at radius 3 is 2.33 bits per heavy atom. The Hall–Kier alpha value is -3.12. The van der Waals surface area contributed by atoms with Crippen LogP contribution >= 0.6 is 11.8 Å². The third kappa shape index (κ3) is 4.24. The van der Waals surface area contributed by atoms with Crippen LogP contribution in [0.2, 0.25) is 0 Å². The summed E-state index contributed by atoms with van der Waals surface area (Å²) in [7, 11) is 0. The first-order valence-electron chi connectivity index (χ1n) is 9.84. The highest BCUT2D eigenvalue weighted by molar-refractivity contribution is 7.99. The molecule has 0 fully saturated rings. The van der Waals surface area contributed by atoms with E-state index in [1.165, 1.54) is 17.3 Å². The van der Waals surface area contributed by atoms with E-state index in [0.29, 0.717) is 10.9 Å². The van der Waals surface area contributed by atoms with Gasteiger partial charge in [-0.1, -0.05) is 75.0 Å². The number of nitrogens with one attached hydrogen (secondary N) is 1. The average molecular weight is 417 g/mol. The number of hydrogen-bond acceptors (Lipinski definition) is 4. The van der Waals surface area contributed by atoms with Crippen LogP contribution in [0.4, 0.5) is 0 Å². The Balaban J connectivity index is 1.68. The van der Waals surface area contributed by atoms with Gasteiger partial charge in [0.25, 0.3) is 0 Å². The van der Waals surface area contributed by atoms with Gasteiger partial charge < -0.3 is 4.98 Å². The summed E-state index contributed by atoms with van der Waals surface area (Å²) in [6, 6.07) is 22.1. The number of ketones is 1. The zero-order valence-electron chi connectivity index (χ0n) is 17.3. The number of H-pyrrole nitrogens is 1. The van der Waals surface area contributed by atoms with E-state index < -0.39 is 0 Å². The number of nitrogens with zero attached hydrogens (tertiary/aromatic N) is 3. The van der Waals surface area contributed by atoms with E-state index in [9.17, 15) is 4.79 Å². The summed E-state index contributed by atoms with van der Waals surface area (Å²) >= 11 is 1.39. The Morgan fingerprint density at radius 2 is 1.70 bits per heavy atom. The summed E-state index contributed by atoms with van der Waals surface area (Å²) in [5.74, 6) is 1.08. The van der Waals surface area contributed by atoms with Gasteiger partial charge in [-0.25, -0.2) is 0 Å². The van der Waals surface area contributed by atoms with Crippen LogP contribution in [0, 0.1) is 0 Å². The van der Waals surface area contributed by atoms with Crippen LogP contribution in [-0.2, 0) is 5.41 Å². The first kappa shape index (κ1) is 20.2. The van der Waals surface area contributed by atoms with Crippen molar-refractivity contribution < 1.29 is 4.79 Å². The molecule has 152 valence electrons. The number of para-hydroxylation sites is 1. The maximum Gasteiger partial charge on any atom is 0.196 e. The van der Waals surface area contributed by atoms with Crippen LogP contribution in [-0.4, -0.2) is 31.3 Å². The number of aromatic amines is 1. The van der Waals surface area contributed by atoms with Gasteiger partial charge in [-0.05, 0) is 35.2 Å². The Kier molecular flexibility index (Phi) is 5.59. The summed E-state index contributed by atoms with van der Waals surface area (Å²) in [6.45, 7) is 6.60. The molecule has 4 aromatic rings. The minimum atomic E-state index is 0.0312. The van der Waals surface area contributed by atoms with E-state index in [2.05, 4.69) is 60.2 Å². The SMILES string of the molecule is CC(C)(C)c1ccc(-c2nnc(SCC(=O)c3ccc[nH]3)n2-c2ccccc2)cc1. The summed E-state index contributed by atoms with van der Waals surface area (Å²) < 4.78 is 2.01. The molecule has 6 heteroatoms. The smallest absolute Gasteiger partial charge is 0.196 e. The van der Waals surface area contributed by atoms with Crippen molar-refractivity contribution in [3.05, 3.63) is 84.2 Å². The highest BCUT2D eigenvalue weighted by Crippen LogP contribution is 2.30. The zero-order chi connectivity index (χ0) is 21.1. The van der Waals surface area contributed by atoms with Crippen LogP contribution in [0.25, 0.3) is 17.1 Å². The first-order valence-corrected chi connectivity index (χ1v) is 10.8. The molecule has 2 aromatic carbocycles. The van der Waals surface area contributed by atoms with Crippen LogP contribution in [0.3, 0.4) is 0 Å². The van der Waals surface area contributed by atoms with E-state index in [1.807, 2.05) is 41.0 Å². The van der Waals surface area contributed by atoms with Crippen molar-refractivity contribution in [1.82, 2.24) is 19.7 Å². The molecule has 0 amide bonds. The van der Waals surface area contributed by atoms with E-state index >= 15 is 0 Å². The van der Waals surface area contributed by atoms with Gasteiger partial charge in [-0.2, -0.15) is 0 Å². The van der Waals surface area contributed by atoms with Crippen molar-refractivity contribution in [3.63, 3.8) is 0 Å². The lowest BCUT2D eigenvalue weighted by molar-refractivity contribution is 0.101. The molecule has 2 aromatic heterocycles. The van der Waals surface area contributed by atoms with Gasteiger partial charge in [0.1, 0.15) is 0 Å². The second-order valence-electron chi connectivity index (χ2n) is 8.10. The van der Waals surface area contributed by atoms with Crippen LogP contribution in [0.5, 0.6) is 0 Å².